The second kappa shape index (κ2) is 9.03. The van der Waals surface area contributed by atoms with Gasteiger partial charge >= 0.3 is 0 Å². The minimum absolute atomic E-state index is 0.0574. The predicted molar refractivity (Wildman–Crippen MR) is 103 cm³/mol. The number of amides is 2. The molecule has 2 N–H and O–H groups in total. The third-order valence-electron chi connectivity index (χ3n) is 4.86. The van der Waals surface area contributed by atoms with Crippen LogP contribution in [0.4, 0.5) is 11.4 Å². The molecule has 1 heterocycles. The van der Waals surface area contributed by atoms with Gasteiger partial charge in [-0.25, -0.2) is 0 Å². The summed E-state index contributed by atoms with van der Waals surface area (Å²) in [5.41, 5.74) is 2.29. The van der Waals surface area contributed by atoms with Crippen LogP contribution in [-0.4, -0.2) is 44.7 Å². The Hall–Kier alpha value is -2.08. The Morgan fingerprint density at radius 3 is 2.69 bits per heavy atom. The van der Waals surface area contributed by atoms with Crippen molar-refractivity contribution in [2.75, 3.05) is 43.1 Å². The average Bonchev–Trinajstić information content (AvgIpc) is 3.36. The molecule has 1 aromatic rings. The molecule has 1 aliphatic heterocycles. The number of hydrogen-bond donors (Lipinski definition) is 2. The van der Waals surface area contributed by atoms with Gasteiger partial charge in [-0.2, -0.15) is 0 Å². The zero-order valence-electron chi connectivity index (χ0n) is 15.6. The van der Waals surface area contributed by atoms with Gasteiger partial charge in [0.2, 0.25) is 5.91 Å². The van der Waals surface area contributed by atoms with Crippen molar-refractivity contribution in [3.05, 3.63) is 23.8 Å². The summed E-state index contributed by atoms with van der Waals surface area (Å²) >= 11 is 0. The number of ether oxygens (including phenoxy) is 1. The first-order valence-electron chi connectivity index (χ1n) is 9.75. The van der Waals surface area contributed by atoms with Crippen LogP contribution in [0, 0.1) is 5.92 Å². The molecule has 2 aliphatic rings. The monoisotopic (exact) mass is 359 g/mol. The molecule has 26 heavy (non-hydrogen) atoms. The minimum Gasteiger partial charge on any atom is -0.382 e. The molecule has 1 aromatic carbocycles. The van der Waals surface area contributed by atoms with Crippen molar-refractivity contribution in [2.24, 2.45) is 5.92 Å². The summed E-state index contributed by atoms with van der Waals surface area (Å²) in [6.07, 6.45) is 5.01. The number of nitrogens with one attached hydrogen (secondary N) is 2. The van der Waals surface area contributed by atoms with E-state index in [0.717, 1.165) is 50.9 Å². The maximum absolute atomic E-state index is 12.7. The van der Waals surface area contributed by atoms with E-state index in [1.807, 2.05) is 25.1 Å². The molecule has 1 aliphatic carbocycles. The van der Waals surface area contributed by atoms with Gasteiger partial charge in [0, 0.05) is 50.1 Å². The molecule has 6 nitrogen and oxygen atoms in total. The molecule has 0 unspecified atom stereocenters. The van der Waals surface area contributed by atoms with E-state index < -0.39 is 0 Å². The van der Waals surface area contributed by atoms with E-state index in [1.54, 1.807) is 0 Å². The number of nitrogens with zero attached hydrogens (tertiary/aromatic N) is 1. The molecule has 0 spiro atoms. The number of hydrogen-bond acceptors (Lipinski definition) is 4. The van der Waals surface area contributed by atoms with E-state index in [1.165, 1.54) is 0 Å². The molecule has 0 aromatic heterocycles. The van der Waals surface area contributed by atoms with Gasteiger partial charge in [-0.3, -0.25) is 9.59 Å². The zero-order valence-corrected chi connectivity index (χ0v) is 15.6. The average molecular weight is 359 g/mol. The Balaban J connectivity index is 1.69. The lowest BCUT2D eigenvalue weighted by molar-refractivity contribution is -0.117. The van der Waals surface area contributed by atoms with Crippen molar-refractivity contribution in [1.29, 1.82) is 0 Å². The van der Waals surface area contributed by atoms with E-state index in [2.05, 4.69) is 15.5 Å². The van der Waals surface area contributed by atoms with E-state index in [-0.39, 0.29) is 17.7 Å². The van der Waals surface area contributed by atoms with Crippen LogP contribution in [0.25, 0.3) is 0 Å². The minimum atomic E-state index is -0.0917. The van der Waals surface area contributed by atoms with Crippen LogP contribution in [0.2, 0.25) is 0 Å². The number of carbonyl (C=O) groups is 2. The van der Waals surface area contributed by atoms with E-state index in [0.29, 0.717) is 31.0 Å². The fraction of sp³-hybridized carbons (Fsp3) is 0.600. The summed E-state index contributed by atoms with van der Waals surface area (Å²) < 4.78 is 5.31. The van der Waals surface area contributed by atoms with Crippen LogP contribution in [0.1, 0.15) is 49.4 Å². The van der Waals surface area contributed by atoms with Crippen LogP contribution in [0.5, 0.6) is 0 Å². The third-order valence-corrected chi connectivity index (χ3v) is 4.86. The molecule has 2 amide bonds. The number of benzene rings is 1. The van der Waals surface area contributed by atoms with E-state index in [9.17, 15) is 9.59 Å². The number of rotatable bonds is 9. The summed E-state index contributed by atoms with van der Waals surface area (Å²) in [7, 11) is 0. The summed E-state index contributed by atoms with van der Waals surface area (Å²) in [5.74, 6) is 0.108. The standard InChI is InChI=1S/C20H29N3O3/c1-2-26-13-5-10-21-20(25)17-14-16(22-19(24)15-6-7-15)8-9-18(17)23-11-3-4-12-23/h8-9,14-15H,2-7,10-13H2,1H3,(H,21,25)(H,22,24). The maximum atomic E-state index is 12.7. The van der Waals surface area contributed by atoms with Crippen molar-refractivity contribution in [3.63, 3.8) is 0 Å². The Bertz CT molecular complexity index is 637. The van der Waals surface area contributed by atoms with Gasteiger partial charge in [-0.15, -0.1) is 0 Å². The molecule has 0 bridgehead atoms. The molecule has 1 saturated carbocycles. The molecule has 2 fully saturated rings. The fourth-order valence-electron chi connectivity index (χ4n) is 3.24. The van der Waals surface area contributed by atoms with E-state index >= 15 is 0 Å². The maximum Gasteiger partial charge on any atom is 0.253 e. The highest BCUT2D eigenvalue weighted by atomic mass is 16.5. The summed E-state index contributed by atoms with van der Waals surface area (Å²) in [5, 5.41) is 5.92. The Morgan fingerprint density at radius 2 is 2.00 bits per heavy atom. The largest absolute Gasteiger partial charge is 0.382 e. The fourth-order valence-corrected chi connectivity index (χ4v) is 3.24. The highest BCUT2D eigenvalue weighted by Gasteiger charge is 2.30. The highest BCUT2D eigenvalue weighted by Crippen LogP contribution is 2.32. The first kappa shape index (κ1) is 18.7. The Morgan fingerprint density at radius 1 is 1.23 bits per heavy atom. The van der Waals surface area contributed by atoms with Gasteiger partial charge in [-0.1, -0.05) is 0 Å². The Labute approximate surface area is 155 Å². The van der Waals surface area contributed by atoms with Crippen LogP contribution in [0.3, 0.4) is 0 Å². The summed E-state index contributed by atoms with van der Waals surface area (Å²) in [4.78, 5) is 27.0. The topological polar surface area (TPSA) is 70.7 Å². The normalized spacial score (nSPS) is 16.6. The second-order valence-electron chi connectivity index (χ2n) is 7.00. The van der Waals surface area contributed by atoms with Gasteiger partial charge in [0.25, 0.3) is 5.91 Å². The zero-order chi connectivity index (χ0) is 18.4. The van der Waals surface area contributed by atoms with Gasteiger partial charge < -0.3 is 20.3 Å². The van der Waals surface area contributed by atoms with Gasteiger partial charge in [-0.05, 0) is 57.2 Å². The first-order chi connectivity index (χ1) is 12.7. The number of carbonyl (C=O) groups excluding carboxylic acids is 2. The summed E-state index contributed by atoms with van der Waals surface area (Å²) in [6, 6.07) is 5.68. The molecular weight excluding hydrogens is 330 g/mol. The highest BCUT2D eigenvalue weighted by molar-refractivity contribution is 6.02. The van der Waals surface area contributed by atoms with Crippen molar-refractivity contribution in [2.45, 2.75) is 39.0 Å². The van der Waals surface area contributed by atoms with Crippen molar-refractivity contribution in [3.8, 4) is 0 Å². The van der Waals surface area contributed by atoms with Crippen molar-refractivity contribution < 1.29 is 14.3 Å². The quantitative estimate of drug-likeness (QED) is 0.665. The van der Waals surface area contributed by atoms with Crippen molar-refractivity contribution >= 4 is 23.2 Å². The molecule has 142 valence electrons. The smallest absolute Gasteiger partial charge is 0.253 e. The lowest BCUT2D eigenvalue weighted by Crippen LogP contribution is -2.29. The molecule has 3 rings (SSSR count). The third kappa shape index (κ3) is 4.97. The molecular formula is C20H29N3O3. The van der Waals surface area contributed by atoms with Crippen LogP contribution in [-0.2, 0) is 9.53 Å². The molecule has 0 radical (unpaired) electrons. The molecule has 0 atom stereocenters. The lowest BCUT2D eigenvalue weighted by Gasteiger charge is -2.22. The Kier molecular flexibility index (Phi) is 6.50. The van der Waals surface area contributed by atoms with Crippen LogP contribution < -0.4 is 15.5 Å². The van der Waals surface area contributed by atoms with Gasteiger partial charge in [0.1, 0.15) is 0 Å². The number of anilines is 2. The summed E-state index contributed by atoms with van der Waals surface area (Å²) in [6.45, 7) is 5.82. The predicted octanol–water partition coefficient (Wildman–Crippen LogP) is 2.79. The van der Waals surface area contributed by atoms with Crippen molar-refractivity contribution in [1.82, 2.24) is 5.32 Å². The second-order valence-corrected chi connectivity index (χ2v) is 7.00. The van der Waals surface area contributed by atoms with Gasteiger partial charge in [0.15, 0.2) is 0 Å². The molecule has 6 heteroatoms. The van der Waals surface area contributed by atoms with Gasteiger partial charge in [0.05, 0.1) is 5.56 Å². The van der Waals surface area contributed by atoms with E-state index in [4.69, 9.17) is 4.74 Å². The molecule has 1 saturated heterocycles. The van der Waals surface area contributed by atoms with Crippen LogP contribution >= 0.6 is 0 Å². The SMILES string of the molecule is CCOCCCNC(=O)c1cc(NC(=O)C2CC2)ccc1N1CCCC1. The van der Waals surface area contributed by atoms with Crippen LogP contribution in [0.15, 0.2) is 18.2 Å². The first-order valence-corrected chi connectivity index (χ1v) is 9.75. The lowest BCUT2D eigenvalue weighted by atomic mass is 10.1.